The van der Waals surface area contributed by atoms with Crippen molar-refractivity contribution in [1.82, 2.24) is 9.47 Å². The molecule has 1 N–H and O–H groups in total. The molecule has 29 heavy (non-hydrogen) atoms. The molecular formula is C23H24BrClN2O2. The van der Waals surface area contributed by atoms with Crippen LogP contribution in [-0.4, -0.2) is 40.2 Å². The Balaban J connectivity index is 1.42. The number of benzene rings is 2. The number of hydrogen-bond acceptors (Lipinski definition) is 2. The van der Waals surface area contributed by atoms with Crippen LogP contribution in [-0.2, 0) is 17.6 Å². The number of likely N-dealkylation sites (tertiary alicyclic amines) is 1. The van der Waals surface area contributed by atoms with Gasteiger partial charge in [-0.15, -0.1) is 0 Å². The molecule has 0 atom stereocenters. The van der Waals surface area contributed by atoms with E-state index >= 15 is 0 Å². The molecule has 0 amide bonds. The molecule has 2 heterocycles. The summed E-state index contributed by atoms with van der Waals surface area (Å²) in [6.45, 7) is 3.20. The van der Waals surface area contributed by atoms with Gasteiger partial charge in [0.2, 0.25) is 0 Å². The highest BCUT2D eigenvalue weighted by Crippen LogP contribution is 2.33. The van der Waals surface area contributed by atoms with Crippen molar-refractivity contribution < 1.29 is 9.90 Å². The van der Waals surface area contributed by atoms with Crippen LogP contribution >= 0.6 is 27.5 Å². The summed E-state index contributed by atoms with van der Waals surface area (Å²) in [7, 11) is 0. The van der Waals surface area contributed by atoms with Crippen molar-refractivity contribution in [2.24, 2.45) is 0 Å². The van der Waals surface area contributed by atoms with Crippen LogP contribution in [0.15, 0.2) is 53.1 Å². The number of fused-ring (bicyclic) bond motifs is 1. The van der Waals surface area contributed by atoms with Gasteiger partial charge >= 0.3 is 5.97 Å². The number of carboxylic acid groups (broad SMARTS) is 1. The summed E-state index contributed by atoms with van der Waals surface area (Å²) in [5, 5.41) is 11.0. The average Bonchev–Trinajstić information content (AvgIpc) is 3.02. The molecule has 1 saturated heterocycles. The fourth-order valence-electron chi connectivity index (χ4n) is 4.23. The Morgan fingerprint density at radius 3 is 2.45 bits per heavy atom. The molecule has 0 spiro atoms. The molecule has 1 aliphatic heterocycles. The highest BCUT2D eigenvalue weighted by atomic mass is 79.9. The number of nitrogens with zero attached hydrogens (tertiary/aromatic N) is 2. The second kappa shape index (κ2) is 8.90. The molecule has 0 saturated carbocycles. The Labute approximate surface area is 184 Å². The molecule has 0 unspecified atom stereocenters. The first-order valence-corrected chi connectivity index (χ1v) is 11.1. The molecule has 2 aromatic carbocycles. The van der Waals surface area contributed by atoms with E-state index in [4.69, 9.17) is 16.7 Å². The molecular weight excluding hydrogens is 452 g/mol. The number of aromatic nitrogens is 1. The minimum absolute atomic E-state index is 0.0574. The average molecular weight is 476 g/mol. The highest BCUT2D eigenvalue weighted by molar-refractivity contribution is 9.10. The predicted octanol–water partition coefficient (Wildman–Crippen LogP) is 5.56. The summed E-state index contributed by atoms with van der Waals surface area (Å²) in [5.74, 6) is -0.796. The van der Waals surface area contributed by atoms with E-state index in [1.165, 1.54) is 5.56 Å². The smallest absolute Gasteiger partial charge is 0.307 e. The number of halogens is 2. The highest BCUT2D eigenvalue weighted by Gasteiger charge is 2.23. The van der Waals surface area contributed by atoms with Gasteiger partial charge in [-0.3, -0.25) is 4.79 Å². The van der Waals surface area contributed by atoms with Crippen molar-refractivity contribution in [3.63, 3.8) is 0 Å². The topological polar surface area (TPSA) is 45.5 Å². The van der Waals surface area contributed by atoms with E-state index in [1.54, 1.807) is 0 Å². The number of aliphatic carboxylic acids is 1. The zero-order chi connectivity index (χ0) is 20.4. The molecule has 3 aromatic rings. The monoisotopic (exact) mass is 474 g/mol. The van der Waals surface area contributed by atoms with Gasteiger partial charge in [-0.2, -0.15) is 0 Å². The van der Waals surface area contributed by atoms with Crippen molar-refractivity contribution in [3.8, 4) is 0 Å². The Morgan fingerprint density at radius 2 is 1.76 bits per heavy atom. The Kier molecular flexibility index (Phi) is 6.28. The Hall–Kier alpha value is -1.82. The van der Waals surface area contributed by atoms with Crippen LogP contribution in [0.5, 0.6) is 0 Å². The second-order valence-corrected chi connectivity index (χ2v) is 9.00. The number of carbonyl (C=O) groups is 1. The van der Waals surface area contributed by atoms with Crippen LogP contribution in [0, 0.1) is 0 Å². The normalized spacial score (nSPS) is 15.8. The lowest BCUT2D eigenvalue weighted by Gasteiger charge is -2.33. The lowest BCUT2D eigenvalue weighted by Crippen LogP contribution is -2.36. The zero-order valence-corrected chi connectivity index (χ0v) is 18.5. The standard InChI is InChI=1S/C23H24BrClN2O2/c24-22-15-18-4-1-17(14-23(28)29)13-21(18)27(22)20-8-11-26(12-9-20)10-7-16-2-5-19(25)6-3-16/h1-6,13,15,20H,7-12,14H2,(H,28,29). The summed E-state index contributed by atoms with van der Waals surface area (Å²) in [4.78, 5) is 13.6. The van der Waals surface area contributed by atoms with Crippen LogP contribution in [0.4, 0.5) is 0 Å². The van der Waals surface area contributed by atoms with E-state index in [-0.39, 0.29) is 6.42 Å². The summed E-state index contributed by atoms with van der Waals surface area (Å²) >= 11 is 9.69. The molecule has 0 aliphatic carbocycles. The maximum Gasteiger partial charge on any atom is 0.307 e. The van der Waals surface area contributed by atoms with Crippen LogP contribution in [0.1, 0.15) is 30.0 Å². The van der Waals surface area contributed by atoms with Gasteiger partial charge in [0.1, 0.15) is 0 Å². The Morgan fingerprint density at radius 1 is 1.07 bits per heavy atom. The third-order valence-electron chi connectivity index (χ3n) is 5.77. The number of piperidine rings is 1. The van der Waals surface area contributed by atoms with Gasteiger partial charge < -0.3 is 14.6 Å². The van der Waals surface area contributed by atoms with E-state index < -0.39 is 5.97 Å². The van der Waals surface area contributed by atoms with Gasteiger partial charge in [-0.1, -0.05) is 35.9 Å². The summed E-state index contributed by atoms with van der Waals surface area (Å²) in [5.41, 5.74) is 3.29. The number of carboxylic acids is 1. The lowest BCUT2D eigenvalue weighted by atomic mass is 10.0. The largest absolute Gasteiger partial charge is 0.481 e. The van der Waals surface area contributed by atoms with Crippen molar-refractivity contribution in [2.75, 3.05) is 19.6 Å². The van der Waals surface area contributed by atoms with Gasteiger partial charge in [0.25, 0.3) is 0 Å². The molecule has 4 rings (SSSR count). The fourth-order valence-corrected chi connectivity index (χ4v) is 5.08. The predicted molar refractivity (Wildman–Crippen MR) is 121 cm³/mol. The molecule has 0 bridgehead atoms. The van der Waals surface area contributed by atoms with E-state index in [0.29, 0.717) is 6.04 Å². The quantitative estimate of drug-likeness (QED) is 0.507. The van der Waals surface area contributed by atoms with Gasteiger partial charge in [0.05, 0.1) is 11.0 Å². The SMILES string of the molecule is O=C(O)Cc1ccc2cc(Br)n(C3CCN(CCc4ccc(Cl)cc4)CC3)c2c1. The van der Waals surface area contributed by atoms with Crippen molar-refractivity contribution >= 4 is 44.4 Å². The van der Waals surface area contributed by atoms with E-state index in [1.807, 2.05) is 30.3 Å². The van der Waals surface area contributed by atoms with E-state index in [9.17, 15) is 4.79 Å². The molecule has 1 aromatic heterocycles. The molecule has 4 nitrogen and oxygen atoms in total. The van der Waals surface area contributed by atoms with Gasteiger partial charge in [-0.05, 0) is 70.6 Å². The summed E-state index contributed by atoms with van der Waals surface area (Å²) in [6, 6.07) is 16.6. The first-order valence-electron chi connectivity index (χ1n) is 9.97. The maximum atomic E-state index is 11.1. The number of hydrogen-bond donors (Lipinski definition) is 1. The van der Waals surface area contributed by atoms with E-state index in [2.05, 4.69) is 43.6 Å². The minimum atomic E-state index is -0.796. The molecule has 152 valence electrons. The maximum absolute atomic E-state index is 11.1. The van der Waals surface area contributed by atoms with E-state index in [0.717, 1.165) is 65.0 Å². The van der Waals surface area contributed by atoms with Crippen LogP contribution < -0.4 is 0 Å². The van der Waals surface area contributed by atoms with Crippen LogP contribution in [0.2, 0.25) is 5.02 Å². The second-order valence-electron chi connectivity index (χ2n) is 7.75. The fraction of sp³-hybridized carbons (Fsp3) is 0.348. The zero-order valence-electron chi connectivity index (χ0n) is 16.2. The van der Waals surface area contributed by atoms with Crippen LogP contribution in [0.25, 0.3) is 10.9 Å². The summed E-state index contributed by atoms with van der Waals surface area (Å²) < 4.78 is 3.41. The van der Waals surface area contributed by atoms with Gasteiger partial charge in [-0.25, -0.2) is 0 Å². The first kappa shape index (κ1) is 20.5. The molecule has 1 aliphatic rings. The first-order chi connectivity index (χ1) is 14.0. The molecule has 6 heteroatoms. The summed E-state index contributed by atoms with van der Waals surface area (Å²) in [6.07, 6.45) is 3.27. The Bertz CT molecular complexity index is 1010. The van der Waals surface area contributed by atoms with Crippen LogP contribution in [0.3, 0.4) is 0 Å². The van der Waals surface area contributed by atoms with Crippen molar-refractivity contribution in [3.05, 3.63) is 69.3 Å². The van der Waals surface area contributed by atoms with Crippen molar-refractivity contribution in [2.45, 2.75) is 31.7 Å². The number of rotatable bonds is 6. The third-order valence-corrected chi connectivity index (χ3v) is 6.63. The molecule has 1 fully saturated rings. The third kappa shape index (κ3) is 4.85. The molecule has 0 radical (unpaired) electrons. The van der Waals surface area contributed by atoms with Gasteiger partial charge in [0.15, 0.2) is 0 Å². The van der Waals surface area contributed by atoms with Gasteiger partial charge in [0, 0.05) is 41.6 Å². The minimum Gasteiger partial charge on any atom is -0.481 e. The lowest BCUT2D eigenvalue weighted by molar-refractivity contribution is -0.136. The van der Waals surface area contributed by atoms with Crippen molar-refractivity contribution in [1.29, 1.82) is 0 Å².